The van der Waals surface area contributed by atoms with E-state index < -0.39 is 24.7 Å². The Morgan fingerprint density at radius 2 is 1.90 bits per heavy atom. The maximum Gasteiger partial charge on any atom is 0.422 e. The van der Waals surface area contributed by atoms with Gasteiger partial charge in [0.1, 0.15) is 11.8 Å². The molecule has 1 aromatic carbocycles. The molecule has 0 aromatic heterocycles. The summed E-state index contributed by atoms with van der Waals surface area (Å²) in [4.78, 5) is 11.5. The summed E-state index contributed by atoms with van der Waals surface area (Å²) >= 11 is 0. The lowest BCUT2D eigenvalue weighted by Gasteiger charge is -2.12. The molecule has 120 valence electrons. The van der Waals surface area contributed by atoms with Crippen LogP contribution in [0.15, 0.2) is 24.3 Å². The minimum absolute atomic E-state index is 0. The summed E-state index contributed by atoms with van der Waals surface area (Å²) in [7, 11) is 1.42. The number of amides is 1. The molecule has 0 aliphatic heterocycles. The Morgan fingerprint density at radius 3 is 2.38 bits per heavy atom. The molecule has 1 atom stereocenters. The fraction of sp³-hybridized carbons (Fsp3) is 0.417. The lowest BCUT2D eigenvalue weighted by Crippen LogP contribution is -2.39. The standard InChI is InChI=1S/C12H15F3N2O3.ClH/c1-19-6-10(16)11(18)17-8-2-4-9(5-3-8)20-7-12(13,14)15;/h2-5,10H,6-7,16H2,1H3,(H,17,18);1H. The number of rotatable bonds is 6. The van der Waals surface area contributed by atoms with Crippen molar-refractivity contribution in [1.82, 2.24) is 0 Å². The molecule has 0 saturated heterocycles. The highest BCUT2D eigenvalue weighted by Crippen LogP contribution is 2.20. The van der Waals surface area contributed by atoms with Crippen LogP contribution in [0.4, 0.5) is 18.9 Å². The summed E-state index contributed by atoms with van der Waals surface area (Å²) in [6, 6.07) is 4.67. The molecule has 1 aromatic rings. The van der Waals surface area contributed by atoms with E-state index in [1.54, 1.807) is 0 Å². The van der Waals surface area contributed by atoms with Crippen molar-refractivity contribution in [2.45, 2.75) is 12.2 Å². The first-order valence-corrected chi connectivity index (χ1v) is 5.67. The molecule has 3 N–H and O–H groups in total. The summed E-state index contributed by atoms with van der Waals surface area (Å²) in [6.45, 7) is -1.30. The number of nitrogens with one attached hydrogen (secondary N) is 1. The van der Waals surface area contributed by atoms with Gasteiger partial charge in [0.2, 0.25) is 5.91 Å². The number of anilines is 1. The Bertz CT molecular complexity index is 440. The molecule has 0 radical (unpaired) electrons. The predicted octanol–water partition coefficient (Wildman–Crippen LogP) is 1.96. The highest BCUT2D eigenvalue weighted by Gasteiger charge is 2.28. The van der Waals surface area contributed by atoms with E-state index >= 15 is 0 Å². The number of carbonyl (C=O) groups excluding carboxylic acids is 1. The molecule has 0 aliphatic rings. The molecular formula is C12H16ClF3N2O3. The molecule has 9 heteroatoms. The van der Waals surface area contributed by atoms with Crippen molar-refractivity contribution >= 4 is 24.0 Å². The van der Waals surface area contributed by atoms with Crippen LogP contribution in [0.5, 0.6) is 5.75 Å². The van der Waals surface area contributed by atoms with Crippen molar-refractivity contribution in [3.05, 3.63) is 24.3 Å². The Balaban J connectivity index is 0.00000400. The quantitative estimate of drug-likeness (QED) is 0.837. The Hall–Kier alpha value is -1.51. The van der Waals surface area contributed by atoms with Crippen molar-refractivity contribution in [3.63, 3.8) is 0 Å². The third kappa shape index (κ3) is 7.74. The lowest BCUT2D eigenvalue weighted by atomic mass is 10.2. The zero-order valence-corrected chi connectivity index (χ0v) is 12.0. The summed E-state index contributed by atoms with van der Waals surface area (Å²) in [5.41, 5.74) is 5.92. The van der Waals surface area contributed by atoms with Gasteiger partial charge in [-0.1, -0.05) is 0 Å². The maximum atomic E-state index is 11.9. The van der Waals surface area contributed by atoms with Crippen LogP contribution in [0.3, 0.4) is 0 Å². The first kappa shape index (κ1) is 19.5. The molecule has 21 heavy (non-hydrogen) atoms. The van der Waals surface area contributed by atoms with Gasteiger partial charge >= 0.3 is 6.18 Å². The first-order valence-electron chi connectivity index (χ1n) is 5.67. The van der Waals surface area contributed by atoms with E-state index in [4.69, 9.17) is 10.5 Å². The minimum atomic E-state index is -4.39. The lowest BCUT2D eigenvalue weighted by molar-refractivity contribution is -0.153. The molecular weight excluding hydrogens is 313 g/mol. The molecule has 1 unspecified atom stereocenters. The second-order valence-electron chi connectivity index (χ2n) is 3.98. The van der Waals surface area contributed by atoms with E-state index in [1.165, 1.54) is 31.4 Å². The SMILES string of the molecule is COCC(N)C(=O)Nc1ccc(OCC(F)(F)F)cc1.Cl. The van der Waals surface area contributed by atoms with Gasteiger partial charge in [0.25, 0.3) is 0 Å². The Labute approximate surface area is 126 Å². The van der Waals surface area contributed by atoms with Gasteiger partial charge in [0.15, 0.2) is 6.61 Å². The number of carbonyl (C=O) groups is 1. The third-order valence-electron chi connectivity index (χ3n) is 2.21. The van der Waals surface area contributed by atoms with Crippen LogP contribution in [0, 0.1) is 0 Å². The van der Waals surface area contributed by atoms with Gasteiger partial charge in [0, 0.05) is 12.8 Å². The minimum Gasteiger partial charge on any atom is -0.484 e. The van der Waals surface area contributed by atoms with E-state index in [-0.39, 0.29) is 24.8 Å². The summed E-state index contributed by atoms with van der Waals surface area (Å²) < 4.78 is 45.1. The first-order chi connectivity index (χ1) is 9.31. The van der Waals surface area contributed by atoms with Crippen molar-refractivity contribution < 1.29 is 27.4 Å². The van der Waals surface area contributed by atoms with E-state index in [0.717, 1.165) is 0 Å². The van der Waals surface area contributed by atoms with Crippen molar-refractivity contribution in [2.75, 3.05) is 25.6 Å². The molecule has 1 amide bonds. The van der Waals surface area contributed by atoms with Crippen LogP contribution in [0.2, 0.25) is 0 Å². The van der Waals surface area contributed by atoms with Crippen LogP contribution in [0.25, 0.3) is 0 Å². The molecule has 1 rings (SSSR count). The number of hydrogen-bond acceptors (Lipinski definition) is 4. The fourth-order valence-electron chi connectivity index (χ4n) is 1.29. The number of hydrogen-bond donors (Lipinski definition) is 2. The molecule has 0 heterocycles. The van der Waals surface area contributed by atoms with E-state index in [1.807, 2.05) is 0 Å². The highest BCUT2D eigenvalue weighted by atomic mass is 35.5. The zero-order valence-electron chi connectivity index (χ0n) is 11.1. The largest absolute Gasteiger partial charge is 0.484 e. The molecule has 0 aliphatic carbocycles. The predicted molar refractivity (Wildman–Crippen MR) is 73.7 cm³/mol. The van der Waals surface area contributed by atoms with E-state index in [0.29, 0.717) is 5.69 Å². The number of alkyl halides is 3. The third-order valence-corrected chi connectivity index (χ3v) is 2.21. The van der Waals surface area contributed by atoms with Gasteiger partial charge in [-0.25, -0.2) is 0 Å². The van der Waals surface area contributed by atoms with Crippen molar-refractivity contribution in [2.24, 2.45) is 5.73 Å². The number of halogens is 4. The van der Waals surface area contributed by atoms with Crippen LogP contribution in [-0.2, 0) is 9.53 Å². The Morgan fingerprint density at radius 1 is 1.33 bits per heavy atom. The van der Waals surface area contributed by atoms with Gasteiger partial charge in [-0.3, -0.25) is 4.79 Å². The van der Waals surface area contributed by atoms with Crippen LogP contribution in [0.1, 0.15) is 0 Å². The fourth-order valence-corrected chi connectivity index (χ4v) is 1.29. The van der Waals surface area contributed by atoms with Crippen LogP contribution in [-0.4, -0.2) is 38.4 Å². The average molecular weight is 329 g/mol. The topological polar surface area (TPSA) is 73.6 Å². The highest BCUT2D eigenvalue weighted by molar-refractivity contribution is 5.94. The van der Waals surface area contributed by atoms with Crippen LogP contribution >= 0.6 is 12.4 Å². The van der Waals surface area contributed by atoms with Crippen molar-refractivity contribution in [3.8, 4) is 5.75 Å². The molecule has 0 saturated carbocycles. The number of methoxy groups -OCH3 is 1. The van der Waals surface area contributed by atoms with Crippen LogP contribution < -0.4 is 15.8 Å². The summed E-state index contributed by atoms with van der Waals surface area (Å²) in [5, 5.41) is 2.50. The summed E-state index contributed by atoms with van der Waals surface area (Å²) in [5.74, 6) is -0.391. The smallest absolute Gasteiger partial charge is 0.422 e. The number of benzene rings is 1. The number of ether oxygens (including phenoxy) is 2. The van der Waals surface area contributed by atoms with E-state index in [2.05, 4.69) is 10.1 Å². The molecule has 0 spiro atoms. The number of nitrogens with two attached hydrogens (primary N) is 1. The maximum absolute atomic E-state index is 11.9. The molecule has 0 fully saturated rings. The van der Waals surface area contributed by atoms with Gasteiger partial charge in [-0.2, -0.15) is 13.2 Å². The molecule has 0 bridgehead atoms. The second-order valence-corrected chi connectivity index (χ2v) is 3.98. The van der Waals surface area contributed by atoms with E-state index in [9.17, 15) is 18.0 Å². The van der Waals surface area contributed by atoms with Gasteiger partial charge in [-0.05, 0) is 24.3 Å². The van der Waals surface area contributed by atoms with Gasteiger partial charge < -0.3 is 20.5 Å². The summed E-state index contributed by atoms with van der Waals surface area (Å²) in [6.07, 6.45) is -4.39. The van der Waals surface area contributed by atoms with Gasteiger partial charge in [0.05, 0.1) is 6.61 Å². The zero-order chi connectivity index (χ0) is 15.2. The normalized spacial score (nSPS) is 12.2. The van der Waals surface area contributed by atoms with Gasteiger partial charge in [-0.15, -0.1) is 12.4 Å². The average Bonchev–Trinajstić information content (AvgIpc) is 2.37. The van der Waals surface area contributed by atoms with Crippen molar-refractivity contribution in [1.29, 1.82) is 0 Å². The second kappa shape index (κ2) is 8.71. The molecule has 5 nitrogen and oxygen atoms in total. The monoisotopic (exact) mass is 328 g/mol. The Kier molecular flexibility index (Phi) is 8.08.